The van der Waals surface area contributed by atoms with Gasteiger partial charge in [0, 0.05) is 6.54 Å². The zero-order valence-electron chi connectivity index (χ0n) is 8.25. The molecule has 0 saturated heterocycles. The molecule has 1 rings (SSSR count). The summed E-state index contributed by atoms with van der Waals surface area (Å²) in [5, 5.41) is 2.80. The van der Waals surface area contributed by atoms with Crippen molar-refractivity contribution in [1.29, 1.82) is 0 Å². The molecule has 0 unspecified atom stereocenters. The van der Waals surface area contributed by atoms with Crippen LogP contribution in [0.25, 0.3) is 0 Å². The van der Waals surface area contributed by atoms with Crippen molar-refractivity contribution in [2.75, 3.05) is 19.8 Å². The van der Waals surface area contributed by atoms with Crippen molar-refractivity contribution in [2.45, 2.75) is 13.8 Å². The maximum absolute atomic E-state index is 11.3. The van der Waals surface area contributed by atoms with Gasteiger partial charge >= 0.3 is 5.97 Å². The van der Waals surface area contributed by atoms with Crippen LogP contribution >= 0.6 is 0 Å². The van der Waals surface area contributed by atoms with Gasteiger partial charge in [-0.25, -0.2) is 4.79 Å². The van der Waals surface area contributed by atoms with Crippen LogP contribution in [-0.2, 0) is 19.1 Å². The first-order valence-corrected chi connectivity index (χ1v) is 4.52. The number of ether oxygens (including phenoxy) is 2. The summed E-state index contributed by atoms with van der Waals surface area (Å²) < 4.78 is 9.74. The maximum Gasteiger partial charge on any atom is 0.347 e. The number of carbonyl (C=O) groups excluding carboxylic acids is 2. The smallest absolute Gasteiger partial charge is 0.347 e. The molecule has 0 aromatic carbocycles. The zero-order valence-corrected chi connectivity index (χ0v) is 8.25. The quantitative estimate of drug-likeness (QED) is 0.508. The van der Waals surface area contributed by atoms with E-state index in [1.807, 2.05) is 6.92 Å². The summed E-state index contributed by atoms with van der Waals surface area (Å²) in [5.41, 5.74) is -0.00583. The molecule has 1 aliphatic heterocycles. The highest BCUT2D eigenvalue weighted by Gasteiger charge is 2.31. The van der Waals surface area contributed by atoms with Crippen LogP contribution in [0.5, 0.6) is 0 Å². The van der Waals surface area contributed by atoms with Gasteiger partial charge in [0.05, 0.1) is 6.61 Å². The largest absolute Gasteiger partial charge is 0.470 e. The van der Waals surface area contributed by atoms with Crippen molar-refractivity contribution in [2.24, 2.45) is 0 Å². The maximum atomic E-state index is 11.3. The van der Waals surface area contributed by atoms with Crippen LogP contribution < -0.4 is 5.32 Å². The normalized spacial score (nSPS) is 15.4. The Labute approximate surface area is 82.1 Å². The number of Topliss-reactive ketones (excluding diaryl/α,β-unsaturated/α-hetero) is 1. The van der Waals surface area contributed by atoms with Gasteiger partial charge in [0.25, 0.3) is 0 Å². The minimum absolute atomic E-state index is 0.00583. The third-order valence-electron chi connectivity index (χ3n) is 1.67. The van der Waals surface area contributed by atoms with E-state index in [1.165, 1.54) is 0 Å². The number of hydrogen-bond acceptors (Lipinski definition) is 5. The standard InChI is InChI=1S/C9H13NO4/c1-3-10-8-7(6(11)5-14-8)9(12)13-4-2/h10H,3-5H2,1-2H3. The van der Waals surface area contributed by atoms with Gasteiger partial charge in [0.15, 0.2) is 12.2 Å². The summed E-state index contributed by atoms with van der Waals surface area (Å²) in [6.45, 7) is 4.28. The molecule has 0 radical (unpaired) electrons. The monoisotopic (exact) mass is 199 g/mol. The zero-order chi connectivity index (χ0) is 10.6. The lowest BCUT2D eigenvalue weighted by molar-refractivity contribution is -0.139. The Morgan fingerprint density at radius 1 is 1.57 bits per heavy atom. The van der Waals surface area contributed by atoms with Gasteiger partial charge in [-0.05, 0) is 13.8 Å². The lowest BCUT2D eigenvalue weighted by Gasteiger charge is -2.05. The molecule has 0 amide bonds. The molecule has 14 heavy (non-hydrogen) atoms. The number of nitrogens with one attached hydrogen (secondary N) is 1. The van der Waals surface area contributed by atoms with E-state index in [4.69, 9.17) is 9.47 Å². The van der Waals surface area contributed by atoms with Crippen molar-refractivity contribution in [1.82, 2.24) is 5.32 Å². The van der Waals surface area contributed by atoms with E-state index < -0.39 is 5.97 Å². The molecule has 0 aromatic heterocycles. The summed E-state index contributed by atoms with van der Waals surface area (Å²) in [5.74, 6) is -0.721. The van der Waals surface area contributed by atoms with Gasteiger partial charge in [0.1, 0.15) is 0 Å². The highest BCUT2D eigenvalue weighted by Crippen LogP contribution is 2.15. The fourth-order valence-corrected chi connectivity index (χ4v) is 1.12. The topological polar surface area (TPSA) is 64.6 Å². The fraction of sp³-hybridized carbons (Fsp3) is 0.556. The molecule has 0 saturated carbocycles. The van der Waals surface area contributed by atoms with Crippen LogP contribution in [0.1, 0.15) is 13.8 Å². The third-order valence-corrected chi connectivity index (χ3v) is 1.67. The first kappa shape index (κ1) is 10.6. The minimum atomic E-state index is -0.619. The number of rotatable bonds is 4. The molecule has 0 aromatic rings. The Bertz CT molecular complexity index is 283. The predicted molar refractivity (Wildman–Crippen MR) is 48.3 cm³/mol. The molecule has 0 bridgehead atoms. The number of ketones is 1. The van der Waals surface area contributed by atoms with E-state index in [0.29, 0.717) is 6.54 Å². The van der Waals surface area contributed by atoms with Gasteiger partial charge in [0.2, 0.25) is 11.7 Å². The van der Waals surface area contributed by atoms with E-state index in [2.05, 4.69) is 5.32 Å². The molecular formula is C9H13NO4. The number of esters is 1. The SMILES string of the molecule is CCNC1=C(C(=O)OCC)C(=O)CO1. The lowest BCUT2D eigenvalue weighted by Crippen LogP contribution is -2.19. The summed E-state index contributed by atoms with van der Waals surface area (Å²) in [7, 11) is 0. The Morgan fingerprint density at radius 2 is 2.29 bits per heavy atom. The second kappa shape index (κ2) is 4.64. The van der Waals surface area contributed by atoms with E-state index in [1.54, 1.807) is 6.92 Å². The lowest BCUT2D eigenvalue weighted by atomic mass is 10.2. The molecule has 0 spiro atoms. The van der Waals surface area contributed by atoms with Gasteiger partial charge in [-0.3, -0.25) is 4.79 Å². The Balaban J connectivity index is 2.82. The molecule has 0 aliphatic carbocycles. The predicted octanol–water partition coefficient (Wildman–Crippen LogP) is -0.0301. The second-order valence-electron chi connectivity index (χ2n) is 2.67. The number of hydrogen-bond donors (Lipinski definition) is 1. The van der Waals surface area contributed by atoms with E-state index >= 15 is 0 Å². The molecule has 78 valence electrons. The molecule has 1 heterocycles. The van der Waals surface area contributed by atoms with Crippen molar-refractivity contribution < 1.29 is 19.1 Å². The van der Waals surface area contributed by atoms with Gasteiger partial charge < -0.3 is 14.8 Å². The molecule has 1 N–H and O–H groups in total. The molecular weight excluding hydrogens is 186 g/mol. The Kier molecular flexibility index (Phi) is 3.50. The van der Waals surface area contributed by atoms with Crippen LogP contribution in [-0.4, -0.2) is 31.5 Å². The first-order valence-electron chi connectivity index (χ1n) is 4.52. The van der Waals surface area contributed by atoms with E-state index in [0.717, 1.165) is 0 Å². The third kappa shape index (κ3) is 2.04. The van der Waals surface area contributed by atoms with Crippen molar-refractivity contribution >= 4 is 11.8 Å². The summed E-state index contributed by atoms with van der Waals surface area (Å²) >= 11 is 0. The van der Waals surface area contributed by atoms with Crippen molar-refractivity contribution in [3.8, 4) is 0 Å². The summed E-state index contributed by atoms with van der Waals surface area (Å²) in [6, 6.07) is 0. The van der Waals surface area contributed by atoms with Crippen LogP contribution in [0.15, 0.2) is 11.5 Å². The van der Waals surface area contributed by atoms with Gasteiger partial charge in [-0.1, -0.05) is 0 Å². The Hall–Kier alpha value is -1.52. The highest BCUT2D eigenvalue weighted by molar-refractivity contribution is 6.19. The van der Waals surface area contributed by atoms with Crippen molar-refractivity contribution in [3.05, 3.63) is 11.5 Å². The molecule has 0 fully saturated rings. The molecule has 5 nitrogen and oxygen atoms in total. The average molecular weight is 199 g/mol. The summed E-state index contributed by atoms with van der Waals surface area (Å²) in [6.07, 6.45) is 0. The second-order valence-corrected chi connectivity index (χ2v) is 2.67. The van der Waals surface area contributed by atoms with Crippen LogP contribution in [0.3, 0.4) is 0 Å². The fourth-order valence-electron chi connectivity index (χ4n) is 1.12. The van der Waals surface area contributed by atoms with Crippen LogP contribution in [0, 0.1) is 0 Å². The number of carbonyl (C=O) groups is 2. The van der Waals surface area contributed by atoms with Crippen LogP contribution in [0.2, 0.25) is 0 Å². The first-order chi connectivity index (χ1) is 6.70. The molecule has 0 atom stereocenters. The van der Waals surface area contributed by atoms with E-state index in [-0.39, 0.29) is 30.5 Å². The van der Waals surface area contributed by atoms with Crippen LogP contribution in [0.4, 0.5) is 0 Å². The average Bonchev–Trinajstić information content (AvgIpc) is 2.48. The van der Waals surface area contributed by atoms with Gasteiger partial charge in [-0.2, -0.15) is 0 Å². The molecule has 5 heteroatoms. The molecule has 1 aliphatic rings. The van der Waals surface area contributed by atoms with Gasteiger partial charge in [-0.15, -0.1) is 0 Å². The van der Waals surface area contributed by atoms with Crippen molar-refractivity contribution in [3.63, 3.8) is 0 Å². The highest BCUT2D eigenvalue weighted by atomic mass is 16.5. The minimum Gasteiger partial charge on any atom is -0.470 e. The Morgan fingerprint density at radius 3 is 2.86 bits per heavy atom. The van der Waals surface area contributed by atoms with E-state index in [9.17, 15) is 9.59 Å². The summed E-state index contributed by atoms with van der Waals surface area (Å²) in [4.78, 5) is 22.6.